The average Bonchev–Trinajstić information content (AvgIpc) is 2.09. The Balaban J connectivity index is 0.00000324. The maximum absolute atomic E-state index is 12.4. The zero-order valence-electron chi connectivity index (χ0n) is 11.6. The summed E-state index contributed by atoms with van der Waals surface area (Å²) in [4.78, 5) is 0.521. The predicted molar refractivity (Wildman–Crippen MR) is 76.7 cm³/mol. The molecule has 0 bridgehead atoms. The first-order valence-corrected chi connectivity index (χ1v) is 9.57. The maximum atomic E-state index is 12.4. The van der Waals surface area contributed by atoms with Crippen molar-refractivity contribution in [2.75, 3.05) is 0 Å². The molecule has 0 unspecified atom stereocenters. The van der Waals surface area contributed by atoms with E-state index in [0.717, 1.165) is 0 Å². The van der Waals surface area contributed by atoms with E-state index in [1.54, 1.807) is 6.07 Å². The summed E-state index contributed by atoms with van der Waals surface area (Å²) < 4.78 is 37.2. The van der Waals surface area contributed by atoms with Crippen LogP contribution in [0.25, 0.3) is 0 Å². The van der Waals surface area contributed by atoms with Crippen LogP contribution in [0.5, 0.6) is 0 Å². The quantitative estimate of drug-likeness (QED) is 0.470. The summed E-state index contributed by atoms with van der Waals surface area (Å²) in [5.41, 5.74) is 3.98. The van der Waals surface area contributed by atoms with Gasteiger partial charge in [0.1, 0.15) is 8.07 Å². The van der Waals surface area contributed by atoms with Gasteiger partial charge in [-0.05, 0) is 18.2 Å². The second-order valence-electron chi connectivity index (χ2n) is 5.30. The number of thiol groups is 1. The summed E-state index contributed by atoms with van der Waals surface area (Å²) in [6.45, 7) is 1.44. The fourth-order valence-electron chi connectivity index (χ4n) is 1.39. The Bertz CT molecular complexity index is 500. The van der Waals surface area contributed by atoms with Crippen molar-refractivity contribution in [3.05, 3.63) is 29.3 Å². The van der Waals surface area contributed by atoms with Crippen molar-refractivity contribution in [1.29, 1.82) is 0 Å². The van der Waals surface area contributed by atoms with Gasteiger partial charge in [-0.15, -0.1) is 18.2 Å². The van der Waals surface area contributed by atoms with Crippen LogP contribution in [0.4, 0.5) is 12.9 Å². The molecule has 0 N–H and O–H groups in total. The Hall–Kier alpha value is 0.838. The van der Waals surface area contributed by atoms with E-state index in [4.69, 9.17) is 0 Å². The van der Waals surface area contributed by atoms with Crippen molar-refractivity contribution in [2.45, 2.75) is 30.9 Å². The van der Waals surface area contributed by atoms with Crippen LogP contribution in [0.15, 0.2) is 23.1 Å². The molecule has 0 spiro atoms. The molecule has 0 saturated heterocycles. The van der Waals surface area contributed by atoms with Gasteiger partial charge in [0, 0.05) is 10.5 Å². The number of benzene rings is 1. The second-order valence-corrected chi connectivity index (χ2v) is 10.6. The Morgan fingerprint density at radius 2 is 1.74 bits per heavy atom. The molecule has 1 aromatic carbocycles. The molecule has 0 aliphatic heterocycles. The molecular weight excluding hydrogens is 311 g/mol. The van der Waals surface area contributed by atoms with Crippen LogP contribution in [-0.4, -0.2) is 15.1 Å². The Morgan fingerprint density at radius 1 is 1.16 bits per heavy atom. The fraction of sp³-hybridized carbons (Fsp3) is 0.333. The zero-order valence-corrected chi connectivity index (χ0v) is 16.6. The van der Waals surface area contributed by atoms with E-state index >= 15 is 0 Å². The minimum absolute atomic E-state index is 0. The normalized spacial score (nSPS) is 11.3. The van der Waals surface area contributed by atoms with E-state index in [-0.39, 0.29) is 56.9 Å². The van der Waals surface area contributed by atoms with Crippen LogP contribution in [-0.2, 0) is 6.32 Å². The Labute approximate surface area is 161 Å². The molecule has 0 aliphatic rings. The van der Waals surface area contributed by atoms with E-state index in [0.29, 0.717) is 10.5 Å². The Kier molecular flexibility index (Phi) is 8.08. The summed E-state index contributed by atoms with van der Waals surface area (Å²) in [6, 6.07) is 4.64. The van der Waals surface area contributed by atoms with E-state index in [1.165, 1.54) is 12.1 Å². The SMILES string of the molecule is C[Si](C)(C)C#Cc1cc(S)cc(C[B-](F)(F)F)c1.[K+]. The number of halogens is 3. The van der Waals surface area contributed by atoms with Gasteiger partial charge in [-0.1, -0.05) is 37.4 Å². The van der Waals surface area contributed by atoms with Crippen molar-refractivity contribution in [3.8, 4) is 11.5 Å². The third-order valence-corrected chi connectivity index (χ3v) is 3.16. The summed E-state index contributed by atoms with van der Waals surface area (Å²) in [5, 5.41) is 0. The molecule has 0 radical (unpaired) electrons. The largest absolute Gasteiger partial charge is 1.00 e. The van der Waals surface area contributed by atoms with Crippen molar-refractivity contribution in [2.24, 2.45) is 0 Å². The number of rotatable bonds is 2. The average molecular weight is 326 g/mol. The van der Waals surface area contributed by atoms with E-state index in [9.17, 15) is 12.9 Å². The van der Waals surface area contributed by atoms with Gasteiger partial charge < -0.3 is 12.9 Å². The minimum Gasteiger partial charge on any atom is -0.449 e. The Morgan fingerprint density at radius 3 is 2.21 bits per heavy atom. The van der Waals surface area contributed by atoms with Gasteiger partial charge in [-0.3, -0.25) is 0 Å². The van der Waals surface area contributed by atoms with Gasteiger partial charge in [0.25, 0.3) is 0 Å². The fourth-order valence-corrected chi connectivity index (χ4v) is 2.22. The molecule has 0 heterocycles. The van der Waals surface area contributed by atoms with Gasteiger partial charge in [-0.25, -0.2) is 0 Å². The van der Waals surface area contributed by atoms with Crippen LogP contribution in [0.1, 0.15) is 11.1 Å². The number of hydrogen-bond acceptors (Lipinski definition) is 1. The molecule has 7 heteroatoms. The molecule has 0 fully saturated rings. The molecule has 19 heavy (non-hydrogen) atoms. The van der Waals surface area contributed by atoms with Crippen LogP contribution in [0.2, 0.25) is 19.6 Å². The summed E-state index contributed by atoms with van der Waals surface area (Å²) in [6.07, 6.45) is -0.879. The zero-order chi connectivity index (χ0) is 14.0. The third-order valence-electron chi connectivity index (χ3n) is 2.03. The number of hydrogen-bond donors (Lipinski definition) is 1. The van der Waals surface area contributed by atoms with Gasteiger partial charge in [0.2, 0.25) is 0 Å². The van der Waals surface area contributed by atoms with E-state index < -0.39 is 21.4 Å². The van der Waals surface area contributed by atoms with Gasteiger partial charge in [0.15, 0.2) is 0 Å². The van der Waals surface area contributed by atoms with E-state index in [1.807, 2.05) is 0 Å². The van der Waals surface area contributed by atoms with Crippen molar-refractivity contribution < 1.29 is 64.3 Å². The molecule has 0 aromatic heterocycles. The molecule has 1 rings (SSSR count). The smallest absolute Gasteiger partial charge is 0.449 e. The van der Waals surface area contributed by atoms with Crippen molar-refractivity contribution in [1.82, 2.24) is 0 Å². The summed E-state index contributed by atoms with van der Waals surface area (Å²) in [7, 11) is -1.53. The monoisotopic (exact) mass is 326 g/mol. The van der Waals surface area contributed by atoms with Crippen molar-refractivity contribution >= 4 is 27.7 Å². The van der Waals surface area contributed by atoms with Crippen LogP contribution < -0.4 is 51.4 Å². The standard InChI is InChI=1S/C12H15BF3SSi.K/c1-18(2,3)5-4-10-6-11(8-12(17)7-10)9-13(14,15)16;/h6-8,17H,9H2,1-3H3;/q-1;+1. The molecule has 0 aliphatic carbocycles. The molecule has 0 saturated carbocycles. The second kappa shape index (κ2) is 7.73. The summed E-state index contributed by atoms with van der Waals surface area (Å²) in [5.74, 6) is 2.95. The third kappa shape index (κ3) is 9.40. The van der Waals surface area contributed by atoms with Crippen LogP contribution in [0.3, 0.4) is 0 Å². The van der Waals surface area contributed by atoms with Crippen molar-refractivity contribution in [3.63, 3.8) is 0 Å². The molecule has 0 nitrogen and oxygen atoms in total. The topological polar surface area (TPSA) is 0 Å². The van der Waals surface area contributed by atoms with Gasteiger partial charge in [-0.2, -0.15) is 0 Å². The first-order chi connectivity index (χ1) is 8.05. The predicted octanol–water partition coefficient (Wildman–Crippen LogP) is 1.14. The van der Waals surface area contributed by atoms with E-state index in [2.05, 4.69) is 43.7 Å². The molecular formula is C12H15BF3KSSi. The maximum Gasteiger partial charge on any atom is 1.00 e. The summed E-state index contributed by atoms with van der Waals surface area (Å²) >= 11 is 4.12. The van der Waals surface area contributed by atoms with Crippen LogP contribution >= 0.6 is 12.6 Å². The molecule has 0 amide bonds. The molecule has 1 aromatic rings. The molecule has 0 atom stereocenters. The minimum atomic E-state index is -4.82. The molecule has 98 valence electrons. The first kappa shape index (κ1) is 19.8. The first-order valence-electron chi connectivity index (χ1n) is 5.62. The van der Waals surface area contributed by atoms with Gasteiger partial charge >= 0.3 is 58.4 Å². The van der Waals surface area contributed by atoms with Gasteiger partial charge in [0.05, 0.1) is 0 Å². The van der Waals surface area contributed by atoms with Crippen LogP contribution in [0, 0.1) is 11.5 Å².